The molecule has 1 fully saturated rings. The highest BCUT2D eigenvalue weighted by Gasteiger charge is 2.30. The minimum absolute atomic E-state index is 0.00273. The van der Waals surface area contributed by atoms with Crippen molar-refractivity contribution < 1.29 is 13.9 Å². The number of nitriles is 1. The molecule has 0 aliphatic carbocycles. The van der Waals surface area contributed by atoms with Gasteiger partial charge in [-0.3, -0.25) is 10.2 Å². The zero-order valence-electron chi connectivity index (χ0n) is 19.4. The van der Waals surface area contributed by atoms with Crippen molar-refractivity contribution in [2.45, 2.75) is 18.9 Å². The van der Waals surface area contributed by atoms with Gasteiger partial charge in [0, 0.05) is 30.8 Å². The minimum atomic E-state index is -0.662. The van der Waals surface area contributed by atoms with E-state index < -0.39 is 11.7 Å². The molecule has 4 N–H and O–H groups in total. The fraction of sp³-hybridized carbons (Fsp3) is 0.192. The lowest BCUT2D eigenvalue weighted by atomic mass is 10.0. The Hall–Kier alpha value is -4.78. The summed E-state index contributed by atoms with van der Waals surface area (Å²) < 4.78 is 20.7. The van der Waals surface area contributed by atoms with Crippen molar-refractivity contribution >= 4 is 23.3 Å². The molecule has 0 bridgehead atoms. The lowest BCUT2D eigenvalue weighted by Crippen LogP contribution is -2.40. The Morgan fingerprint density at radius 3 is 2.78 bits per heavy atom. The van der Waals surface area contributed by atoms with Crippen molar-refractivity contribution in [2.24, 2.45) is 0 Å². The highest BCUT2D eigenvalue weighted by molar-refractivity contribution is 6.16. The molecular weight excluding hydrogens is 461 g/mol. The predicted octanol–water partition coefficient (Wildman–Crippen LogP) is 3.89. The SMILES string of the molecule is C=C(C#N)C(=O)N1CCCC1CNc1ncnc(N)c1C(=N)c1ccc(Oc2ccccc2)cc1F. The van der Waals surface area contributed by atoms with Crippen molar-refractivity contribution in [3.05, 3.63) is 84.0 Å². The Balaban J connectivity index is 1.53. The van der Waals surface area contributed by atoms with E-state index in [0.29, 0.717) is 18.8 Å². The molecule has 10 heteroatoms. The number of carbonyl (C=O) groups is 1. The number of hydrogen-bond acceptors (Lipinski definition) is 8. The molecule has 1 unspecified atom stereocenters. The number of carbonyl (C=O) groups excluding carboxylic acids is 1. The third-order valence-corrected chi connectivity index (χ3v) is 5.85. The summed E-state index contributed by atoms with van der Waals surface area (Å²) in [6.45, 7) is 4.32. The summed E-state index contributed by atoms with van der Waals surface area (Å²) in [5.74, 6) is 0.0382. The number of aromatic nitrogens is 2. The second kappa shape index (κ2) is 10.7. The molecule has 4 rings (SSSR count). The molecule has 1 aliphatic heterocycles. The van der Waals surface area contributed by atoms with Crippen LogP contribution in [0.1, 0.15) is 24.0 Å². The van der Waals surface area contributed by atoms with E-state index in [4.69, 9.17) is 21.1 Å². The lowest BCUT2D eigenvalue weighted by Gasteiger charge is -2.25. The molecule has 36 heavy (non-hydrogen) atoms. The van der Waals surface area contributed by atoms with E-state index in [2.05, 4.69) is 21.9 Å². The third-order valence-electron chi connectivity index (χ3n) is 5.85. The molecule has 0 saturated carbocycles. The molecule has 1 aliphatic rings. The van der Waals surface area contributed by atoms with Crippen LogP contribution in [0.25, 0.3) is 0 Å². The first kappa shape index (κ1) is 24.3. The summed E-state index contributed by atoms with van der Waals surface area (Å²) in [7, 11) is 0. The Kier molecular flexibility index (Phi) is 7.20. The van der Waals surface area contributed by atoms with Gasteiger partial charge in [0.05, 0.1) is 11.3 Å². The molecule has 2 aromatic carbocycles. The van der Waals surface area contributed by atoms with Gasteiger partial charge in [0.1, 0.15) is 46.9 Å². The number of benzene rings is 2. The van der Waals surface area contributed by atoms with E-state index in [0.717, 1.165) is 12.8 Å². The second-order valence-corrected chi connectivity index (χ2v) is 8.18. The first-order chi connectivity index (χ1) is 17.4. The van der Waals surface area contributed by atoms with Crippen molar-refractivity contribution in [1.29, 1.82) is 10.7 Å². The van der Waals surface area contributed by atoms with E-state index in [9.17, 15) is 4.79 Å². The Morgan fingerprint density at radius 2 is 2.06 bits per heavy atom. The molecule has 0 radical (unpaired) electrons. The number of likely N-dealkylation sites (tertiary alicyclic amines) is 1. The molecule has 1 amide bonds. The standard InChI is InChI=1S/C26H24FN7O2/c1-16(13-28)26(35)34-11-5-6-17(34)14-31-25-22(24(30)32-15-33-25)23(29)20-10-9-19(12-21(20)27)36-18-7-3-2-4-8-18/h2-4,7-10,12,15,17,29H,1,5-6,11,14H2,(H3,30,31,32,33). The maximum absolute atomic E-state index is 15.0. The van der Waals surface area contributed by atoms with Gasteiger partial charge < -0.3 is 20.7 Å². The largest absolute Gasteiger partial charge is 0.457 e. The first-order valence-electron chi connectivity index (χ1n) is 11.2. The van der Waals surface area contributed by atoms with Gasteiger partial charge in [-0.25, -0.2) is 14.4 Å². The number of anilines is 2. The summed E-state index contributed by atoms with van der Waals surface area (Å²) in [4.78, 5) is 22.2. The van der Waals surface area contributed by atoms with Crippen LogP contribution in [0.5, 0.6) is 11.5 Å². The van der Waals surface area contributed by atoms with Crippen LogP contribution in [0, 0.1) is 22.6 Å². The number of halogens is 1. The fourth-order valence-electron chi connectivity index (χ4n) is 4.05. The van der Waals surface area contributed by atoms with E-state index in [-0.39, 0.29) is 45.8 Å². The molecule has 9 nitrogen and oxygen atoms in total. The van der Waals surface area contributed by atoms with Crippen molar-refractivity contribution in [2.75, 3.05) is 24.1 Å². The molecule has 182 valence electrons. The van der Waals surface area contributed by atoms with Gasteiger partial charge >= 0.3 is 0 Å². The van der Waals surface area contributed by atoms with E-state index in [1.807, 2.05) is 18.2 Å². The van der Waals surface area contributed by atoms with Gasteiger partial charge in [-0.1, -0.05) is 24.8 Å². The van der Waals surface area contributed by atoms with Crippen molar-refractivity contribution in [3.8, 4) is 17.6 Å². The summed E-state index contributed by atoms with van der Waals surface area (Å²) in [5, 5.41) is 20.8. The average Bonchev–Trinajstić information content (AvgIpc) is 3.35. The Morgan fingerprint density at radius 1 is 1.28 bits per heavy atom. The summed E-state index contributed by atoms with van der Waals surface area (Å²) in [5.41, 5.74) is 5.90. The molecule has 0 spiro atoms. The van der Waals surface area contributed by atoms with Crippen LogP contribution in [-0.4, -0.2) is 45.6 Å². The van der Waals surface area contributed by atoms with Crippen molar-refractivity contribution in [1.82, 2.24) is 14.9 Å². The van der Waals surface area contributed by atoms with Crippen LogP contribution < -0.4 is 15.8 Å². The Bertz CT molecular complexity index is 1350. The van der Waals surface area contributed by atoms with Crippen LogP contribution in [0.4, 0.5) is 16.0 Å². The van der Waals surface area contributed by atoms with Crippen molar-refractivity contribution in [3.63, 3.8) is 0 Å². The van der Waals surface area contributed by atoms with Crippen LogP contribution in [0.2, 0.25) is 0 Å². The molecule has 1 aromatic heterocycles. The lowest BCUT2D eigenvalue weighted by molar-refractivity contribution is -0.127. The van der Waals surface area contributed by atoms with Gasteiger partial charge in [0.15, 0.2) is 0 Å². The number of rotatable bonds is 8. The molecule has 1 saturated heterocycles. The number of amides is 1. The zero-order valence-corrected chi connectivity index (χ0v) is 19.4. The summed E-state index contributed by atoms with van der Waals surface area (Å²) in [6.07, 6.45) is 2.76. The molecule has 3 aromatic rings. The number of ether oxygens (including phenoxy) is 1. The minimum Gasteiger partial charge on any atom is -0.457 e. The fourth-order valence-corrected chi connectivity index (χ4v) is 4.05. The molecular formula is C26H24FN7O2. The number of nitrogens with two attached hydrogens (primary N) is 1. The van der Waals surface area contributed by atoms with Gasteiger partial charge in [-0.15, -0.1) is 0 Å². The quantitative estimate of drug-likeness (QED) is 0.250. The second-order valence-electron chi connectivity index (χ2n) is 8.18. The zero-order chi connectivity index (χ0) is 25.7. The van der Waals surface area contributed by atoms with E-state index in [1.54, 1.807) is 29.2 Å². The number of nitrogen functional groups attached to an aromatic ring is 1. The van der Waals surface area contributed by atoms with Gasteiger partial charge in [0.2, 0.25) is 0 Å². The topological polar surface area (TPSA) is 141 Å². The normalized spacial score (nSPS) is 14.7. The summed E-state index contributed by atoms with van der Waals surface area (Å²) in [6, 6.07) is 14.8. The van der Waals surface area contributed by atoms with E-state index in [1.165, 1.54) is 18.5 Å². The number of hydrogen-bond donors (Lipinski definition) is 3. The number of nitrogens with zero attached hydrogens (tertiary/aromatic N) is 4. The maximum atomic E-state index is 15.0. The van der Waals surface area contributed by atoms with Gasteiger partial charge in [-0.2, -0.15) is 5.26 Å². The van der Waals surface area contributed by atoms with Crippen LogP contribution in [0.3, 0.4) is 0 Å². The highest BCUT2D eigenvalue weighted by Crippen LogP contribution is 2.28. The van der Waals surface area contributed by atoms with Crippen LogP contribution >= 0.6 is 0 Å². The Labute approximate surface area is 207 Å². The highest BCUT2D eigenvalue weighted by atomic mass is 19.1. The number of nitrogens with one attached hydrogen (secondary N) is 2. The smallest absolute Gasteiger partial charge is 0.264 e. The predicted molar refractivity (Wildman–Crippen MR) is 133 cm³/mol. The number of para-hydroxylation sites is 1. The maximum Gasteiger partial charge on any atom is 0.264 e. The van der Waals surface area contributed by atoms with Crippen LogP contribution in [-0.2, 0) is 4.79 Å². The van der Waals surface area contributed by atoms with Gasteiger partial charge in [0.25, 0.3) is 5.91 Å². The monoisotopic (exact) mass is 485 g/mol. The average molecular weight is 486 g/mol. The van der Waals surface area contributed by atoms with E-state index >= 15 is 4.39 Å². The summed E-state index contributed by atoms with van der Waals surface area (Å²) >= 11 is 0. The first-order valence-corrected chi connectivity index (χ1v) is 11.2. The molecule has 1 atom stereocenters. The molecule has 2 heterocycles. The third kappa shape index (κ3) is 5.15. The van der Waals surface area contributed by atoms with Gasteiger partial charge in [-0.05, 0) is 37.1 Å². The van der Waals surface area contributed by atoms with Crippen LogP contribution in [0.15, 0.2) is 67.0 Å².